The molecular formula is C21H28N2O3. The zero-order valence-electron chi connectivity index (χ0n) is 15.2. The van der Waals surface area contributed by atoms with Gasteiger partial charge in [0.1, 0.15) is 6.04 Å². The highest BCUT2D eigenvalue weighted by molar-refractivity contribution is 5.81. The normalized spacial score (nSPS) is 28.5. The number of nitrogens with zero attached hydrogens (tertiary/aromatic N) is 2. The van der Waals surface area contributed by atoms with Gasteiger partial charge in [-0.25, -0.2) is 0 Å². The molecule has 2 saturated carbocycles. The third-order valence-electron chi connectivity index (χ3n) is 6.33. The van der Waals surface area contributed by atoms with Crippen LogP contribution in [0.25, 0.3) is 0 Å². The fourth-order valence-electron chi connectivity index (χ4n) is 4.86. The molecule has 0 bridgehead atoms. The number of carbonyl (C=O) groups excluding carboxylic acids is 1. The molecule has 0 radical (unpaired) electrons. The molecule has 1 N–H and O–H groups in total. The fourth-order valence-corrected chi connectivity index (χ4v) is 4.86. The number of benzene rings is 1. The highest BCUT2D eigenvalue weighted by Crippen LogP contribution is 2.40. The van der Waals surface area contributed by atoms with E-state index in [1.54, 1.807) is 0 Å². The van der Waals surface area contributed by atoms with Gasteiger partial charge in [-0.3, -0.25) is 14.5 Å². The Labute approximate surface area is 155 Å². The Bertz CT molecular complexity index is 658. The van der Waals surface area contributed by atoms with E-state index in [9.17, 15) is 14.7 Å². The van der Waals surface area contributed by atoms with Crippen LogP contribution in [0.1, 0.15) is 50.5 Å². The summed E-state index contributed by atoms with van der Waals surface area (Å²) >= 11 is 0. The van der Waals surface area contributed by atoms with Crippen LogP contribution in [0.2, 0.25) is 0 Å². The van der Waals surface area contributed by atoms with Crippen LogP contribution in [-0.4, -0.2) is 51.5 Å². The Hall–Kier alpha value is -1.88. The molecule has 3 fully saturated rings. The van der Waals surface area contributed by atoms with E-state index in [4.69, 9.17) is 0 Å². The summed E-state index contributed by atoms with van der Waals surface area (Å²) in [5.74, 6) is -0.233. The van der Waals surface area contributed by atoms with Crippen LogP contribution in [0, 0.1) is 5.92 Å². The molecule has 26 heavy (non-hydrogen) atoms. The molecule has 3 unspecified atom stereocenters. The predicted octanol–water partition coefficient (Wildman–Crippen LogP) is 2.90. The quantitative estimate of drug-likeness (QED) is 0.851. The van der Waals surface area contributed by atoms with Crippen molar-refractivity contribution in [3.05, 3.63) is 35.9 Å². The molecule has 0 aromatic heterocycles. The zero-order chi connectivity index (χ0) is 18.1. The second-order valence-electron chi connectivity index (χ2n) is 8.11. The lowest BCUT2D eigenvalue weighted by Gasteiger charge is -2.34. The summed E-state index contributed by atoms with van der Waals surface area (Å²) in [4.78, 5) is 28.9. The molecule has 5 heteroatoms. The first-order valence-corrected chi connectivity index (χ1v) is 9.95. The van der Waals surface area contributed by atoms with Gasteiger partial charge >= 0.3 is 5.97 Å². The maximum absolute atomic E-state index is 13.1. The van der Waals surface area contributed by atoms with Gasteiger partial charge in [0.15, 0.2) is 0 Å². The third-order valence-corrected chi connectivity index (χ3v) is 6.33. The van der Waals surface area contributed by atoms with E-state index in [-0.39, 0.29) is 18.5 Å². The van der Waals surface area contributed by atoms with E-state index in [1.807, 2.05) is 28.0 Å². The van der Waals surface area contributed by atoms with E-state index in [0.29, 0.717) is 24.9 Å². The number of carbonyl (C=O) groups is 2. The molecule has 1 saturated heterocycles. The van der Waals surface area contributed by atoms with Gasteiger partial charge in [-0.2, -0.15) is 0 Å². The monoisotopic (exact) mass is 356 g/mol. The number of carboxylic acid groups (broad SMARTS) is 1. The summed E-state index contributed by atoms with van der Waals surface area (Å²) in [7, 11) is 0. The Balaban J connectivity index is 1.48. The zero-order valence-corrected chi connectivity index (χ0v) is 15.2. The van der Waals surface area contributed by atoms with Crippen LogP contribution >= 0.6 is 0 Å². The number of hydrogen-bond acceptors (Lipinski definition) is 3. The molecule has 140 valence electrons. The largest absolute Gasteiger partial charge is 0.480 e. The molecule has 1 aliphatic heterocycles. The lowest BCUT2D eigenvalue weighted by atomic mass is 9.85. The SMILES string of the molecule is O=C(O)C1CC2CCCCC2N1CC(=O)N(Cc1ccccc1)C1CC1. The van der Waals surface area contributed by atoms with Crippen molar-refractivity contribution in [1.82, 2.24) is 9.80 Å². The topological polar surface area (TPSA) is 60.9 Å². The highest BCUT2D eigenvalue weighted by atomic mass is 16.4. The second kappa shape index (κ2) is 7.39. The van der Waals surface area contributed by atoms with Crippen LogP contribution in [0.15, 0.2) is 30.3 Å². The fraction of sp³-hybridized carbons (Fsp3) is 0.619. The lowest BCUT2D eigenvalue weighted by Crippen LogP contribution is -2.48. The average molecular weight is 356 g/mol. The number of amides is 1. The number of aliphatic carboxylic acids is 1. The Morgan fingerprint density at radius 1 is 1.08 bits per heavy atom. The van der Waals surface area contributed by atoms with Crippen molar-refractivity contribution in [3.63, 3.8) is 0 Å². The van der Waals surface area contributed by atoms with Crippen molar-refractivity contribution in [2.45, 2.75) is 69.6 Å². The highest BCUT2D eigenvalue weighted by Gasteiger charge is 2.46. The standard InChI is InChI=1S/C21H28N2O3/c24-20(22(17-10-11-17)13-15-6-2-1-3-7-15)14-23-18-9-5-4-8-16(18)12-19(23)21(25)26/h1-3,6-7,16-19H,4-5,8-14H2,(H,25,26). The first kappa shape index (κ1) is 17.5. The van der Waals surface area contributed by atoms with E-state index in [1.165, 1.54) is 6.42 Å². The van der Waals surface area contributed by atoms with Crippen LogP contribution in [0.5, 0.6) is 0 Å². The van der Waals surface area contributed by atoms with E-state index < -0.39 is 12.0 Å². The average Bonchev–Trinajstić information content (AvgIpc) is 3.42. The molecule has 3 aliphatic rings. The first-order valence-electron chi connectivity index (χ1n) is 9.95. The van der Waals surface area contributed by atoms with Gasteiger partial charge in [-0.15, -0.1) is 0 Å². The maximum atomic E-state index is 13.1. The molecule has 1 heterocycles. The van der Waals surface area contributed by atoms with Crippen LogP contribution < -0.4 is 0 Å². The minimum absolute atomic E-state index is 0.0915. The molecular weight excluding hydrogens is 328 g/mol. The summed E-state index contributed by atoms with van der Waals surface area (Å²) < 4.78 is 0. The van der Waals surface area contributed by atoms with E-state index in [2.05, 4.69) is 12.1 Å². The molecule has 1 aromatic carbocycles. The van der Waals surface area contributed by atoms with Gasteiger partial charge in [-0.05, 0) is 43.6 Å². The minimum Gasteiger partial charge on any atom is -0.480 e. The summed E-state index contributed by atoms with van der Waals surface area (Å²) in [5, 5.41) is 9.67. The van der Waals surface area contributed by atoms with Gasteiger partial charge < -0.3 is 10.0 Å². The number of fused-ring (bicyclic) bond motifs is 1. The van der Waals surface area contributed by atoms with Gasteiger partial charge in [0, 0.05) is 18.6 Å². The molecule has 4 rings (SSSR count). The van der Waals surface area contributed by atoms with Crippen molar-refractivity contribution in [3.8, 4) is 0 Å². The first-order chi connectivity index (χ1) is 12.6. The van der Waals surface area contributed by atoms with Crippen molar-refractivity contribution in [1.29, 1.82) is 0 Å². The Morgan fingerprint density at radius 2 is 1.81 bits per heavy atom. The summed E-state index contributed by atoms with van der Waals surface area (Å²) in [6, 6.07) is 10.2. The van der Waals surface area contributed by atoms with Gasteiger partial charge in [-0.1, -0.05) is 43.2 Å². The maximum Gasteiger partial charge on any atom is 0.320 e. The predicted molar refractivity (Wildman–Crippen MR) is 98.5 cm³/mol. The molecule has 0 spiro atoms. The molecule has 1 aromatic rings. The van der Waals surface area contributed by atoms with Crippen molar-refractivity contribution in [2.24, 2.45) is 5.92 Å². The van der Waals surface area contributed by atoms with Crippen LogP contribution in [0.3, 0.4) is 0 Å². The number of rotatable bonds is 6. The van der Waals surface area contributed by atoms with E-state index in [0.717, 1.165) is 37.7 Å². The number of likely N-dealkylation sites (tertiary alicyclic amines) is 1. The summed E-state index contributed by atoms with van der Waals surface area (Å²) in [6.07, 6.45) is 7.31. The van der Waals surface area contributed by atoms with Crippen LogP contribution in [0.4, 0.5) is 0 Å². The third kappa shape index (κ3) is 3.63. The smallest absolute Gasteiger partial charge is 0.320 e. The van der Waals surface area contributed by atoms with Crippen molar-refractivity contribution >= 4 is 11.9 Å². The Morgan fingerprint density at radius 3 is 2.50 bits per heavy atom. The summed E-state index contributed by atoms with van der Waals surface area (Å²) in [6.45, 7) is 0.880. The molecule has 3 atom stereocenters. The molecule has 1 amide bonds. The Kier molecular flexibility index (Phi) is 4.98. The second-order valence-corrected chi connectivity index (χ2v) is 8.11. The number of hydrogen-bond donors (Lipinski definition) is 1. The molecule has 5 nitrogen and oxygen atoms in total. The minimum atomic E-state index is -0.770. The van der Waals surface area contributed by atoms with E-state index >= 15 is 0 Å². The van der Waals surface area contributed by atoms with Crippen molar-refractivity contribution in [2.75, 3.05) is 6.54 Å². The van der Waals surface area contributed by atoms with Gasteiger partial charge in [0.05, 0.1) is 6.54 Å². The van der Waals surface area contributed by atoms with Gasteiger partial charge in [0.2, 0.25) is 5.91 Å². The van der Waals surface area contributed by atoms with Crippen LogP contribution in [-0.2, 0) is 16.1 Å². The summed E-state index contributed by atoms with van der Waals surface area (Å²) in [5.41, 5.74) is 1.14. The van der Waals surface area contributed by atoms with Gasteiger partial charge in [0.25, 0.3) is 0 Å². The number of carboxylic acids is 1. The van der Waals surface area contributed by atoms with Crippen molar-refractivity contribution < 1.29 is 14.7 Å². The lowest BCUT2D eigenvalue weighted by molar-refractivity contribution is -0.144. The molecule has 2 aliphatic carbocycles.